The fourth-order valence-corrected chi connectivity index (χ4v) is 2.41. The zero-order valence-corrected chi connectivity index (χ0v) is 10.4. The van der Waals surface area contributed by atoms with Gasteiger partial charge in [-0.25, -0.2) is 4.39 Å². The first-order chi connectivity index (χ1) is 8.55. The number of hydrogen-bond donors (Lipinski definition) is 1. The van der Waals surface area contributed by atoms with Gasteiger partial charge in [-0.2, -0.15) is 0 Å². The summed E-state index contributed by atoms with van der Waals surface area (Å²) in [5.74, 6) is -0.545. The Morgan fingerprint density at radius 2 is 2.11 bits per heavy atom. The topological polar surface area (TPSA) is 46.5 Å². The van der Waals surface area contributed by atoms with Crippen molar-refractivity contribution in [1.29, 1.82) is 0 Å². The number of ether oxygens (including phenoxy) is 1. The molecule has 0 aliphatic heterocycles. The Kier molecular flexibility index (Phi) is 3.66. The van der Waals surface area contributed by atoms with Gasteiger partial charge in [0.2, 0.25) is 0 Å². The third kappa shape index (κ3) is 2.53. The highest BCUT2D eigenvalue weighted by Crippen LogP contribution is 2.31. The van der Waals surface area contributed by atoms with Crippen molar-refractivity contribution in [2.24, 2.45) is 0 Å². The second kappa shape index (κ2) is 5.06. The zero-order chi connectivity index (χ0) is 13.2. The van der Waals surface area contributed by atoms with E-state index in [9.17, 15) is 14.3 Å². The summed E-state index contributed by atoms with van der Waals surface area (Å²) in [6.07, 6.45) is 2.85. The van der Waals surface area contributed by atoms with Gasteiger partial charge in [-0.05, 0) is 43.4 Å². The van der Waals surface area contributed by atoms with Gasteiger partial charge in [0.15, 0.2) is 17.3 Å². The van der Waals surface area contributed by atoms with Gasteiger partial charge in [-0.1, -0.05) is 6.07 Å². The Hall–Kier alpha value is -1.42. The molecule has 1 saturated carbocycles. The maximum Gasteiger partial charge on any atom is 0.168 e. The van der Waals surface area contributed by atoms with Crippen molar-refractivity contribution in [3.05, 3.63) is 29.6 Å². The molecule has 0 amide bonds. The van der Waals surface area contributed by atoms with Crippen LogP contribution in [-0.2, 0) is 11.2 Å². The molecule has 0 unspecified atom stereocenters. The van der Waals surface area contributed by atoms with Crippen LogP contribution in [-0.4, -0.2) is 23.6 Å². The molecule has 0 radical (unpaired) electrons. The third-order valence-corrected chi connectivity index (χ3v) is 3.53. The normalized spacial score (nSPS) is 17.7. The van der Waals surface area contributed by atoms with E-state index >= 15 is 0 Å². The Morgan fingerprint density at radius 1 is 1.44 bits per heavy atom. The van der Waals surface area contributed by atoms with E-state index in [1.54, 1.807) is 6.07 Å². The van der Waals surface area contributed by atoms with Gasteiger partial charge < -0.3 is 9.84 Å². The fourth-order valence-electron chi connectivity index (χ4n) is 2.41. The minimum Gasteiger partial charge on any atom is -0.494 e. The molecular formula is C14H17FO3. The predicted octanol–water partition coefficient (Wildman–Crippen LogP) is 2.25. The quantitative estimate of drug-likeness (QED) is 0.894. The highest BCUT2D eigenvalue weighted by molar-refractivity contribution is 5.89. The van der Waals surface area contributed by atoms with Gasteiger partial charge in [-0.3, -0.25) is 4.79 Å². The molecule has 3 nitrogen and oxygen atoms in total. The van der Waals surface area contributed by atoms with Gasteiger partial charge in [0.05, 0.1) is 7.11 Å². The molecule has 0 aromatic heterocycles. The lowest BCUT2D eigenvalue weighted by Gasteiger charge is -2.20. The molecule has 1 N–H and O–H groups in total. The van der Waals surface area contributed by atoms with Crippen LogP contribution < -0.4 is 4.74 Å². The Bertz CT molecular complexity index is 450. The number of ketones is 1. The maximum atomic E-state index is 13.5. The van der Waals surface area contributed by atoms with Crippen molar-refractivity contribution in [3.8, 4) is 5.75 Å². The molecule has 1 fully saturated rings. The zero-order valence-electron chi connectivity index (χ0n) is 10.4. The summed E-state index contributed by atoms with van der Waals surface area (Å²) >= 11 is 0. The number of rotatable bonds is 4. The first kappa shape index (κ1) is 13.0. The molecule has 2 rings (SSSR count). The molecular weight excluding hydrogens is 235 g/mol. The average molecular weight is 252 g/mol. The number of methoxy groups -OCH3 is 1. The van der Waals surface area contributed by atoms with Crippen LogP contribution in [0.15, 0.2) is 18.2 Å². The summed E-state index contributed by atoms with van der Waals surface area (Å²) in [5, 5.41) is 10.1. The number of carbonyl (C=O) groups excluding carboxylic acids is 1. The van der Waals surface area contributed by atoms with Crippen molar-refractivity contribution in [2.75, 3.05) is 7.11 Å². The predicted molar refractivity (Wildman–Crippen MR) is 65.1 cm³/mol. The SMILES string of the molecule is COc1ccc(CC(=O)C2(O)CCCC2)cc1F. The van der Waals surface area contributed by atoms with E-state index in [0.29, 0.717) is 18.4 Å². The third-order valence-electron chi connectivity index (χ3n) is 3.53. The van der Waals surface area contributed by atoms with Crippen LogP contribution in [0.4, 0.5) is 4.39 Å². The number of halogens is 1. The lowest BCUT2D eigenvalue weighted by molar-refractivity contribution is -0.136. The van der Waals surface area contributed by atoms with Crippen molar-refractivity contribution < 1.29 is 19.0 Å². The second-order valence-electron chi connectivity index (χ2n) is 4.81. The van der Waals surface area contributed by atoms with Crippen LogP contribution in [0.3, 0.4) is 0 Å². The summed E-state index contributed by atoms with van der Waals surface area (Å²) in [6.45, 7) is 0. The summed E-state index contributed by atoms with van der Waals surface area (Å²) in [6, 6.07) is 4.43. The minimum absolute atomic E-state index is 0.0669. The molecule has 1 aromatic rings. The highest BCUT2D eigenvalue weighted by atomic mass is 19.1. The molecule has 1 aliphatic rings. The molecule has 0 spiro atoms. The summed E-state index contributed by atoms with van der Waals surface area (Å²) in [7, 11) is 1.39. The number of aliphatic hydroxyl groups is 1. The van der Waals surface area contributed by atoms with E-state index in [4.69, 9.17) is 4.74 Å². The number of Topliss-reactive ketones (excluding diaryl/α,β-unsaturated/α-hetero) is 1. The van der Waals surface area contributed by atoms with Gasteiger partial charge in [-0.15, -0.1) is 0 Å². The number of hydrogen-bond acceptors (Lipinski definition) is 3. The lowest BCUT2D eigenvalue weighted by atomic mass is 9.92. The smallest absolute Gasteiger partial charge is 0.168 e. The molecule has 1 aromatic carbocycles. The van der Waals surface area contributed by atoms with Crippen molar-refractivity contribution in [3.63, 3.8) is 0 Å². The monoisotopic (exact) mass is 252 g/mol. The van der Waals surface area contributed by atoms with Crippen molar-refractivity contribution in [1.82, 2.24) is 0 Å². The first-order valence-corrected chi connectivity index (χ1v) is 6.13. The first-order valence-electron chi connectivity index (χ1n) is 6.13. The Balaban J connectivity index is 2.09. The Labute approximate surface area is 106 Å². The standard InChI is InChI=1S/C14H17FO3/c1-18-12-5-4-10(8-11(12)15)9-13(16)14(17)6-2-3-7-14/h4-5,8,17H,2-3,6-7,9H2,1H3. The molecule has 0 saturated heterocycles. The highest BCUT2D eigenvalue weighted by Gasteiger charge is 2.38. The van der Waals surface area contributed by atoms with Gasteiger partial charge >= 0.3 is 0 Å². The summed E-state index contributed by atoms with van der Waals surface area (Å²) in [4.78, 5) is 12.0. The molecule has 1 aliphatic carbocycles. The van der Waals surface area contributed by atoms with E-state index in [-0.39, 0.29) is 18.0 Å². The molecule has 4 heteroatoms. The lowest BCUT2D eigenvalue weighted by Crippen LogP contribution is -2.36. The molecule has 18 heavy (non-hydrogen) atoms. The van der Waals surface area contributed by atoms with Crippen LogP contribution in [0.2, 0.25) is 0 Å². The van der Waals surface area contributed by atoms with Crippen molar-refractivity contribution >= 4 is 5.78 Å². The van der Waals surface area contributed by atoms with Crippen LogP contribution in [0, 0.1) is 5.82 Å². The van der Waals surface area contributed by atoms with E-state index in [0.717, 1.165) is 12.8 Å². The van der Waals surface area contributed by atoms with E-state index < -0.39 is 11.4 Å². The van der Waals surface area contributed by atoms with E-state index in [2.05, 4.69) is 0 Å². The molecule has 0 bridgehead atoms. The van der Waals surface area contributed by atoms with Gasteiger partial charge in [0.25, 0.3) is 0 Å². The average Bonchev–Trinajstić information content (AvgIpc) is 2.78. The largest absolute Gasteiger partial charge is 0.494 e. The molecule has 98 valence electrons. The van der Waals surface area contributed by atoms with Crippen LogP contribution >= 0.6 is 0 Å². The molecule has 0 atom stereocenters. The maximum absolute atomic E-state index is 13.5. The summed E-state index contributed by atoms with van der Waals surface area (Å²) < 4.78 is 18.3. The van der Waals surface area contributed by atoms with Crippen LogP contribution in [0.1, 0.15) is 31.2 Å². The molecule has 0 heterocycles. The van der Waals surface area contributed by atoms with E-state index in [1.807, 2.05) is 0 Å². The van der Waals surface area contributed by atoms with Gasteiger partial charge in [0, 0.05) is 6.42 Å². The van der Waals surface area contributed by atoms with Crippen LogP contribution in [0.5, 0.6) is 5.75 Å². The van der Waals surface area contributed by atoms with E-state index in [1.165, 1.54) is 19.2 Å². The summed E-state index contributed by atoms with van der Waals surface area (Å²) in [5.41, 5.74) is -0.630. The fraction of sp³-hybridized carbons (Fsp3) is 0.500. The van der Waals surface area contributed by atoms with Crippen LogP contribution in [0.25, 0.3) is 0 Å². The second-order valence-corrected chi connectivity index (χ2v) is 4.81. The minimum atomic E-state index is -1.20. The Morgan fingerprint density at radius 3 is 2.67 bits per heavy atom. The van der Waals surface area contributed by atoms with Crippen molar-refractivity contribution in [2.45, 2.75) is 37.7 Å². The number of carbonyl (C=O) groups is 1. The van der Waals surface area contributed by atoms with Gasteiger partial charge in [0.1, 0.15) is 5.60 Å². The number of benzene rings is 1.